The molecule has 0 aliphatic carbocycles. The zero-order valence-corrected chi connectivity index (χ0v) is 20.0. The van der Waals surface area contributed by atoms with E-state index in [0.717, 1.165) is 11.9 Å². The molecule has 0 saturated carbocycles. The Kier molecular flexibility index (Phi) is 24.1. The van der Waals surface area contributed by atoms with Crippen LogP contribution in [-0.4, -0.2) is 13.3 Å². The second kappa shape index (κ2) is 23.1. The van der Waals surface area contributed by atoms with Gasteiger partial charge in [0.25, 0.3) is 0 Å². The predicted molar refractivity (Wildman–Crippen MR) is 122 cm³/mol. The molecule has 0 amide bonds. The third-order valence-corrected chi connectivity index (χ3v) is 7.48. The Bertz CT molecular complexity index is 237. The molecule has 25 heavy (non-hydrogen) atoms. The molecule has 0 aliphatic rings. The van der Waals surface area contributed by atoms with Gasteiger partial charge >= 0.3 is 0 Å². The first kappa shape index (κ1) is 26.1. The van der Waals surface area contributed by atoms with Crippen molar-refractivity contribution < 1.29 is 0 Å². The minimum atomic E-state index is -1.33. The Morgan fingerprint density at radius 2 is 0.600 bits per heavy atom. The van der Waals surface area contributed by atoms with Gasteiger partial charge < -0.3 is 0 Å². The van der Waals surface area contributed by atoms with Crippen LogP contribution >= 0.6 is 33.8 Å². The lowest BCUT2D eigenvalue weighted by molar-refractivity contribution is 0.524. The van der Waals surface area contributed by atoms with E-state index in [-0.39, 0.29) is 0 Å². The summed E-state index contributed by atoms with van der Waals surface area (Å²) in [6, 6.07) is 1.09. The first-order chi connectivity index (χ1) is 12.3. The van der Waals surface area contributed by atoms with Crippen molar-refractivity contribution in [2.75, 3.05) is 5.88 Å². The molecule has 0 aromatic carbocycles. The molecule has 0 rings (SSSR count). The fourth-order valence-electron chi connectivity index (χ4n) is 3.40. The average molecular weight is 430 g/mol. The number of halogens is 3. The average Bonchev–Trinajstić information content (AvgIpc) is 2.60. The Morgan fingerprint density at radius 1 is 0.360 bits per heavy atom. The topological polar surface area (TPSA) is 0 Å². The zero-order chi connectivity index (χ0) is 18.4. The summed E-state index contributed by atoms with van der Waals surface area (Å²) in [6.07, 6.45) is 26.6. The lowest BCUT2D eigenvalue weighted by Crippen LogP contribution is -1.91. The summed E-state index contributed by atoms with van der Waals surface area (Å²) in [7, 11) is -1.33. The third kappa shape index (κ3) is 25.1. The summed E-state index contributed by atoms with van der Waals surface area (Å²) < 4.78 is 0. The third-order valence-electron chi connectivity index (χ3n) is 5.06. The van der Waals surface area contributed by atoms with Crippen molar-refractivity contribution in [2.45, 2.75) is 128 Å². The van der Waals surface area contributed by atoms with Crippen LogP contribution in [0.4, 0.5) is 0 Å². The molecule has 0 unspecified atom stereocenters. The van der Waals surface area contributed by atoms with Crippen LogP contribution in [0.15, 0.2) is 0 Å². The minimum Gasteiger partial charge on any atom is -0.150 e. The van der Waals surface area contributed by atoms with Gasteiger partial charge in [-0.1, -0.05) is 116 Å². The SMILES string of the molecule is ClCCCCCCCCCCCCCCCCCCCCC[SiH](Cl)Cl. The van der Waals surface area contributed by atoms with Crippen molar-refractivity contribution in [3.63, 3.8) is 0 Å². The van der Waals surface area contributed by atoms with E-state index in [1.165, 1.54) is 122 Å². The normalized spacial score (nSPS) is 11.5. The maximum atomic E-state index is 5.86. The monoisotopic (exact) mass is 428 g/mol. The molecular weight excluding hydrogens is 387 g/mol. The molecule has 0 aliphatic heterocycles. The van der Waals surface area contributed by atoms with Gasteiger partial charge in [0, 0.05) is 5.88 Å². The van der Waals surface area contributed by atoms with Gasteiger partial charge in [-0.25, -0.2) is 0 Å². The Hall–Kier alpha value is 1.09. The van der Waals surface area contributed by atoms with Gasteiger partial charge in [-0.3, -0.25) is 0 Å². The van der Waals surface area contributed by atoms with Crippen LogP contribution in [0.5, 0.6) is 0 Å². The Labute approximate surface area is 174 Å². The zero-order valence-electron chi connectivity index (χ0n) is 16.6. The molecule has 0 atom stereocenters. The highest BCUT2D eigenvalue weighted by molar-refractivity contribution is 7.33. The highest BCUT2D eigenvalue weighted by Gasteiger charge is 2.00. The van der Waals surface area contributed by atoms with Crippen LogP contribution in [0, 0.1) is 0 Å². The molecular formula is C21H43Cl3Si. The van der Waals surface area contributed by atoms with Crippen molar-refractivity contribution >= 4 is 41.2 Å². The van der Waals surface area contributed by atoms with Gasteiger partial charge in [0.2, 0.25) is 7.42 Å². The van der Waals surface area contributed by atoms with Gasteiger partial charge in [0.05, 0.1) is 0 Å². The standard InChI is InChI=1S/C21H43Cl3Si/c22-20-18-16-14-12-10-8-6-4-2-1-3-5-7-9-11-13-15-17-19-21-25(23)24/h25H,1-21H2. The van der Waals surface area contributed by atoms with Crippen LogP contribution in [-0.2, 0) is 0 Å². The van der Waals surface area contributed by atoms with E-state index < -0.39 is 7.42 Å². The van der Waals surface area contributed by atoms with Crippen LogP contribution in [0.25, 0.3) is 0 Å². The van der Waals surface area contributed by atoms with Crippen molar-refractivity contribution in [2.24, 2.45) is 0 Å². The maximum absolute atomic E-state index is 5.86. The van der Waals surface area contributed by atoms with Crippen molar-refractivity contribution in [3.05, 3.63) is 0 Å². The lowest BCUT2D eigenvalue weighted by Gasteiger charge is -2.04. The van der Waals surface area contributed by atoms with E-state index in [2.05, 4.69) is 0 Å². The fourth-order valence-corrected chi connectivity index (χ4v) is 5.11. The van der Waals surface area contributed by atoms with Crippen molar-refractivity contribution in [1.29, 1.82) is 0 Å². The molecule has 0 aromatic heterocycles. The second-order valence-corrected chi connectivity index (χ2v) is 13.2. The number of rotatable bonds is 21. The summed E-state index contributed by atoms with van der Waals surface area (Å²) in [6.45, 7) is 0. The molecule has 4 heteroatoms. The summed E-state index contributed by atoms with van der Waals surface area (Å²) in [5, 5.41) is 0. The van der Waals surface area contributed by atoms with Crippen molar-refractivity contribution in [1.82, 2.24) is 0 Å². The van der Waals surface area contributed by atoms with Crippen LogP contribution in [0.1, 0.15) is 122 Å². The molecule has 0 radical (unpaired) electrons. The van der Waals surface area contributed by atoms with E-state index in [1.54, 1.807) is 0 Å². The van der Waals surface area contributed by atoms with Gasteiger partial charge in [0.15, 0.2) is 0 Å². The second-order valence-electron chi connectivity index (χ2n) is 7.59. The molecule has 0 bridgehead atoms. The predicted octanol–water partition coefficient (Wildman–Crippen LogP) is 9.34. The van der Waals surface area contributed by atoms with Gasteiger partial charge in [-0.05, 0) is 12.5 Å². The number of alkyl halides is 1. The van der Waals surface area contributed by atoms with E-state index in [4.69, 9.17) is 33.8 Å². The van der Waals surface area contributed by atoms with E-state index in [0.29, 0.717) is 0 Å². The minimum absolute atomic E-state index is 0.839. The molecule has 0 N–H and O–H groups in total. The fraction of sp³-hybridized carbons (Fsp3) is 1.00. The summed E-state index contributed by atoms with van der Waals surface area (Å²) in [5.41, 5.74) is 0. The molecule has 0 saturated heterocycles. The highest BCUT2D eigenvalue weighted by atomic mass is 35.7. The molecule has 0 heterocycles. The van der Waals surface area contributed by atoms with Crippen LogP contribution in [0.3, 0.4) is 0 Å². The largest absolute Gasteiger partial charge is 0.237 e. The van der Waals surface area contributed by atoms with E-state index in [9.17, 15) is 0 Å². The quantitative estimate of drug-likeness (QED) is 0.0737. The molecule has 0 fully saturated rings. The number of unbranched alkanes of at least 4 members (excludes halogenated alkanes) is 18. The molecule has 152 valence electrons. The van der Waals surface area contributed by atoms with Crippen LogP contribution in [0.2, 0.25) is 6.04 Å². The summed E-state index contributed by atoms with van der Waals surface area (Å²) in [4.78, 5) is 0. The lowest BCUT2D eigenvalue weighted by atomic mass is 10.0. The molecule has 0 spiro atoms. The van der Waals surface area contributed by atoms with Gasteiger partial charge in [-0.2, -0.15) is 22.2 Å². The summed E-state index contributed by atoms with van der Waals surface area (Å²) in [5.74, 6) is 0.839. The first-order valence-corrected chi connectivity index (χ1v) is 16.0. The first-order valence-electron chi connectivity index (χ1n) is 11.1. The summed E-state index contributed by atoms with van der Waals surface area (Å²) >= 11 is 17.4. The van der Waals surface area contributed by atoms with E-state index in [1.807, 2.05) is 0 Å². The highest BCUT2D eigenvalue weighted by Crippen LogP contribution is 2.15. The smallest absolute Gasteiger partial charge is 0.150 e. The maximum Gasteiger partial charge on any atom is 0.237 e. The van der Waals surface area contributed by atoms with Gasteiger partial charge in [-0.15, -0.1) is 11.6 Å². The number of hydrogen-bond acceptors (Lipinski definition) is 0. The van der Waals surface area contributed by atoms with Gasteiger partial charge in [0.1, 0.15) is 0 Å². The van der Waals surface area contributed by atoms with Crippen molar-refractivity contribution in [3.8, 4) is 0 Å². The Balaban J connectivity index is 2.96. The van der Waals surface area contributed by atoms with Crippen LogP contribution < -0.4 is 0 Å². The molecule has 0 aromatic rings. The molecule has 0 nitrogen and oxygen atoms in total. The Morgan fingerprint density at radius 3 is 0.840 bits per heavy atom. The van der Waals surface area contributed by atoms with E-state index >= 15 is 0 Å². The number of hydrogen-bond donors (Lipinski definition) is 0.